The van der Waals surface area contributed by atoms with Gasteiger partial charge >= 0.3 is 0 Å². The number of pyridine rings is 1. The molecule has 1 aromatic rings. The van der Waals surface area contributed by atoms with Gasteiger partial charge in [0.05, 0.1) is 12.8 Å². The van der Waals surface area contributed by atoms with Crippen LogP contribution in [0.5, 0.6) is 5.75 Å². The highest BCUT2D eigenvalue weighted by Gasteiger charge is 2.13. The summed E-state index contributed by atoms with van der Waals surface area (Å²) in [6.45, 7) is 3.01. The molecule has 0 bridgehead atoms. The minimum Gasteiger partial charge on any atom is -0.492 e. The molecule has 1 aliphatic rings. The van der Waals surface area contributed by atoms with Gasteiger partial charge in [0.15, 0.2) is 0 Å². The van der Waals surface area contributed by atoms with Crippen molar-refractivity contribution in [2.45, 2.75) is 12.8 Å². The number of piperidine rings is 1. The predicted molar refractivity (Wildman–Crippen MR) is 77.5 cm³/mol. The van der Waals surface area contributed by atoms with E-state index in [1.165, 1.54) is 12.8 Å². The Bertz CT molecular complexity index is 305. The lowest BCUT2D eigenvalue weighted by Crippen LogP contribution is -2.33. The van der Waals surface area contributed by atoms with Gasteiger partial charge in [-0.1, -0.05) is 0 Å². The Hall–Kier alpha value is -0.0300. The zero-order chi connectivity index (χ0) is 10.5. The maximum atomic E-state index is 5.68. The summed E-state index contributed by atoms with van der Waals surface area (Å²) in [4.78, 5) is 4.12. The Labute approximate surface area is 123 Å². The van der Waals surface area contributed by atoms with Crippen LogP contribution in [-0.4, -0.2) is 24.7 Å². The second-order valence-corrected chi connectivity index (χ2v) is 4.65. The number of aromatic nitrogens is 1. The van der Waals surface area contributed by atoms with E-state index in [0.29, 0.717) is 5.92 Å². The number of nitrogens with zero attached hydrogens (tertiary/aromatic N) is 1. The molecule has 2 heterocycles. The molecule has 1 fully saturated rings. The van der Waals surface area contributed by atoms with E-state index in [2.05, 4.69) is 26.2 Å². The van der Waals surface area contributed by atoms with Crippen molar-refractivity contribution in [3.05, 3.63) is 22.9 Å². The predicted octanol–water partition coefficient (Wildman–Crippen LogP) is 3.07. The lowest BCUT2D eigenvalue weighted by molar-refractivity contribution is 0.218. The smallest absolute Gasteiger partial charge is 0.137 e. The van der Waals surface area contributed by atoms with Gasteiger partial charge in [-0.25, -0.2) is 4.98 Å². The first-order chi connectivity index (χ1) is 7.34. The molecule has 0 aliphatic carbocycles. The topological polar surface area (TPSA) is 34.1 Å². The van der Waals surface area contributed by atoms with Gasteiger partial charge in [-0.2, -0.15) is 0 Å². The fourth-order valence-corrected chi connectivity index (χ4v) is 1.96. The van der Waals surface area contributed by atoms with E-state index in [9.17, 15) is 0 Å². The Morgan fingerprint density at radius 2 is 2.24 bits per heavy atom. The van der Waals surface area contributed by atoms with E-state index in [-0.39, 0.29) is 24.8 Å². The number of nitrogens with one attached hydrogen (secondary N) is 1. The van der Waals surface area contributed by atoms with Crippen LogP contribution in [0.4, 0.5) is 0 Å². The Kier molecular flexibility index (Phi) is 8.96. The fourth-order valence-electron chi connectivity index (χ4n) is 1.73. The minimum atomic E-state index is 0. The second kappa shape index (κ2) is 8.97. The highest BCUT2D eigenvalue weighted by molar-refractivity contribution is 9.10. The van der Waals surface area contributed by atoms with Crippen molar-refractivity contribution in [1.29, 1.82) is 0 Å². The Morgan fingerprint density at radius 3 is 2.82 bits per heavy atom. The molecule has 1 aromatic heterocycles. The average Bonchev–Trinajstić information content (AvgIpc) is 2.30. The van der Waals surface area contributed by atoms with Gasteiger partial charge in [0, 0.05) is 12.5 Å². The van der Waals surface area contributed by atoms with Crippen LogP contribution < -0.4 is 10.1 Å². The van der Waals surface area contributed by atoms with Crippen molar-refractivity contribution in [3.63, 3.8) is 0 Å². The summed E-state index contributed by atoms with van der Waals surface area (Å²) in [5.41, 5.74) is 0. The van der Waals surface area contributed by atoms with Crippen LogP contribution in [0.25, 0.3) is 0 Å². The summed E-state index contributed by atoms with van der Waals surface area (Å²) >= 11 is 3.30. The number of halogens is 3. The van der Waals surface area contributed by atoms with E-state index in [1.54, 1.807) is 6.20 Å². The van der Waals surface area contributed by atoms with E-state index in [4.69, 9.17) is 4.74 Å². The molecule has 1 unspecified atom stereocenters. The molecule has 1 aliphatic heterocycles. The quantitative estimate of drug-likeness (QED) is 0.856. The van der Waals surface area contributed by atoms with Crippen molar-refractivity contribution in [2.24, 2.45) is 5.92 Å². The first-order valence-corrected chi connectivity index (χ1v) is 6.09. The molecular weight excluding hydrogens is 327 g/mol. The monoisotopic (exact) mass is 342 g/mol. The Balaban J connectivity index is 0.00000128. The summed E-state index contributed by atoms with van der Waals surface area (Å²) in [7, 11) is 0. The largest absolute Gasteiger partial charge is 0.492 e. The molecule has 98 valence electrons. The molecule has 0 spiro atoms. The van der Waals surface area contributed by atoms with Gasteiger partial charge in [0.2, 0.25) is 0 Å². The number of ether oxygens (including phenoxy) is 1. The molecule has 3 nitrogen and oxygen atoms in total. The maximum Gasteiger partial charge on any atom is 0.137 e. The van der Waals surface area contributed by atoms with Gasteiger partial charge in [-0.15, -0.1) is 24.8 Å². The number of hydrogen-bond acceptors (Lipinski definition) is 3. The van der Waals surface area contributed by atoms with E-state index in [1.807, 2.05) is 12.1 Å². The van der Waals surface area contributed by atoms with Crippen LogP contribution in [0.2, 0.25) is 0 Å². The molecule has 0 aromatic carbocycles. The SMILES string of the molecule is Brc1ccc(OCC2CCCNC2)cn1.Cl.Cl. The standard InChI is InChI=1S/C11H15BrN2O.2ClH/c12-11-4-3-10(7-14-11)15-8-9-2-1-5-13-6-9;;/h3-4,7,9,13H,1-2,5-6,8H2;2*1H. The van der Waals surface area contributed by atoms with Crippen LogP contribution in [0.3, 0.4) is 0 Å². The summed E-state index contributed by atoms with van der Waals surface area (Å²) in [5, 5.41) is 3.38. The van der Waals surface area contributed by atoms with Crippen molar-refractivity contribution in [1.82, 2.24) is 10.3 Å². The van der Waals surface area contributed by atoms with Crippen molar-refractivity contribution in [3.8, 4) is 5.75 Å². The van der Waals surface area contributed by atoms with Gasteiger partial charge in [-0.05, 0) is 47.4 Å². The van der Waals surface area contributed by atoms with Crippen LogP contribution >= 0.6 is 40.7 Å². The third-order valence-electron chi connectivity index (χ3n) is 2.58. The van der Waals surface area contributed by atoms with E-state index >= 15 is 0 Å². The first-order valence-electron chi connectivity index (χ1n) is 5.29. The summed E-state index contributed by atoms with van der Waals surface area (Å²) < 4.78 is 6.52. The summed E-state index contributed by atoms with van der Waals surface area (Å²) in [6, 6.07) is 3.84. The molecule has 1 atom stereocenters. The van der Waals surface area contributed by atoms with Gasteiger partial charge in [-0.3, -0.25) is 0 Å². The normalized spacial score (nSPS) is 18.8. The van der Waals surface area contributed by atoms with Crippen LogP contribution in [0, 0.1) is 5.92 Å². The fraction of sp³-hybridized carbons (Fsp3) is 0.545. The van der Waals surface area contributed by atoms with E-state index in [0.717, 1.165) is 30.0 Å². The highest BCUT2D eigenvalue weighted by Crippen LogP contribution is 2.15. The van der Waals surface area contributed by atoms with E-state index < -0.39 is 0 Å². The molecule has 0 radical (unpaired) electrons. The maximum absolute atomic E-state index is 5.68. The Morgan fingerprint density at radius 1 is 1.41 bits per heavy atom. The summed E-state index contributed by atoms with van der Waals surface area (Å²) in [6.07, 6.45) is 4.27. The third-order valence-corrected chi connectivity index (χ3v) is 3.05. The van der Waals surface area contributed by atoms with Gasteiger partial charge < -0.3 is 10.1 Å². The second-order valence-electron chi connectivity index (χ2n) is 3.84. The van der Waals surface area contributed by atoms with Gasteiger partial charge in [0.1, 0.15) is 10.4 Å². The molecular formula is C11H17BrCl2N2O. The lowest BCUT2D eigenvalue weighted by atomic mass is 10.0. The lowest BCUT2D eigenvalue weighted by Gasteiger charge is -2.22. The number of hydrogen-bond donors (Lipinski definition) is 1. The molecule has 1 saturated heterocycles. The zero-order valence-corrected chi connectivity index (χ0v) is 12.6. The van der Waals surface area contributed by atoms with Crippen molar-refractivity contribution >= 4 is 40.7 Å². The summed E-state index contributed by atoms with van der Waals surface area (Å²) in [5.74, 6) is 1.49. The molecule has 1 N–H and O–H groups in total. The number of rotatable bonds is 3. The average molecular weight is 344 g/mol. The first kappa shape index (κ1) is 17.0. The molecule has 0 saturated carbocycles. The minimum absolute atomic E-state index is 0. The van der Waals surface area contributed by atoms with Crippen molar-refractivity contribution in [2.75, 3.05) is 19.7 Å². The molecule has 2 rings (SSSR count). The van der Waals surface area contributed by atoms with Gasteiger partial charge in [0.25, 0.3) is 0 Å². The van der Waals surface area contributed by atoms with Crippen molar-refractivity contribution < 1.29 is 4.74 Å². The molecule has 0 amide bonds. The van der Waals surface area contributed by atoms with Crippen LogP contribution in [0.1, 0.15) is 12.8 Å². The van der Waals surface area contributed by atoms with Crippen LogP contribution in [0.15, 0.2) is 22.9 Å². The van der Waals surface area contributed by atoms with Crippen LogP contribution in [-0.2, 0) is 0 Å². The highest BCUT2D eigenvalue weighted by atomic mass is 79.9. The molecule has 17 heavy (non-hydrogen) atoms. The molecule has 6 heteroatoms. The third kappa shape index (κ3) is 5.91. The zero-order valence-electron chi connectivity index (χ0n) is 9.39.